The first kappa shape index (κ1) is 12.3. The molecule has 2 aliphatic heterocycles. The van der Waals surface area contributed by atoms with Crippen molar-refractivity contribution in [3.05, 3.63) is 0 Å². The number of rotatable bonds is 4. The summed E-state index contributed by atoms with van der Waals surface area (Å²) in [6.07, 6.45) is 3.72. The van der Waals surface area contributed by atoms with E-state index in [9.17, 15) is 0 Å². The Hall–Kier alpha value is -0.160. The van der Waals surface area contributed by atoms with Gasteiger partial charge < -0.3 is 10.1 Å². The monoisotopic (exact) mass is 226 g/mol. The lowest BCUT2D eigenvalue weighted by atomic mass is 10.1. The molecule has 1 radical (unpaired) electrons. The molecule has 1 atom stereocenters. The van der Waals surface area contributed by atoms with Crippen LogP contribution in [0.5, 0.6) is 0 Å². The standard InChI is InChI=1S/C12H24N3O/c1(6-15-7-9-16-10-8-15)3-12-11-13-4-2-5-14-12/h12-13H,1-11H2. The van der Waals surface area contributed by atoms with E-state index in [-0.39, 0.29) is 0 Å². The van der Waals surface area contributed by atoms with Crippen molar-refractivity contribution in [1.29, 1.82) is 0 Å². The van der Waals surface area contributed by atoms with Gasteiger partial charge in [-0.1, -0.05) is 0 Å². The van der Waals surface area contributed by atoms with Gasteiger partial charge in [0.05, 0.1) is 13.2 Å². The van der Waals surface area contributed by atoms with Crippen LogP contribution in [0, 0.1) is 0 Å². The predicted octanol–water partition coefficient (Wildman–Crippen LogP) is 0.0651. The molecule has 2 fully saturated rings. The van der Waals surface area contributed by atoms with E-state index in [4.69, 9.17) is 10.1 Å². The minimum Gasteiger partial charge on any atom is -0.379 e. The maximum absolute atomic E-state index is 5.34. The summed E-state index contributed by atoms with van der Waals surface area (Å²) in [4.78, 5) is 2.51. The average Bonchev–Trinajstić information content (AvgIpc) is 2.59. The Balaban J connectivity index is 1.55. The summed E-state index contributed by atoms with van der Waals surface area (Å²) in [7, 11) is 0. The molecule has 4 heteroatoms. The normalized spacial score (nSPS) is 28.9. The fraction of sp³-hybridized carbons (Fsp3) is 1.00. The Morgan fingerprint density at radius 1 is 1.31 bits per heavy atom. The van der Waals surface area contributed by atoms with Crippen molar-refractivity contribution in [1.82, 2.24) is 15.5 Å². The molecule has 2 rings (SSSR count). The van der Waals surface area contributed by atoms with Gasteiger partial charge in [0, 0.05) is 32.2 Å². The molecule has 1 unspecified atom stereocenters. The highest BCUT2D eigenvalue weighted by atomic mass is 16.5. The van der Waals surface area contributed by atoms with Crippen LogP contribution in [0.3, 0.4) is 0 Å². The van der Waals surface area contributed by atoms with Gasteiger partial charge in [0.2, 0.25) is 0 Å². The van der Waals surface area contributed by atoms with Crippen LogP contribution in [0.15, 0.2) is 0 Å². The highest BCUT2D eigenvalue weighted by molar-refractivity contribution is 4.74. The van der Waals surface area contributed by atoms with Crippen LogP contribution in [0.2, 0.25) is 0 Å². The molecule has 2 saturated heterocycles. The quantitative estimate of drug-likeness (QED) is 0.737. The number of morpholine rings is 1. The number of hydrogen-bond donors (Lipinski definition) is 1. The van der Waals surface area contributed by atoms with E-state index in [0.717, 1.165) is 45.9 Å². The molecule has 1 N–H and O–H groups in total. The second-order valence-electron chi connectivity index (χ2n) is 4.71. The lowest BCUT2D eigenvalue weighted by Gasteiger charge is -2.27. The van der Waals surface area contributed by atoms with Crippen molar-refractivity contribution in [3.63, 3.8) is 0 Å². The third-order valence-corrected chi connectivity index (χ3v) is 3.39. The van der Waals surface area contributed by atoms with Crippen molar-refractivity contribution < 1.29 is 4.74 Å². The first-order valence-electron chi connectivity index (χ1n) is 6.62. The molecule has 16 heavy (non-hydrogen) atoms. The minimum atomic E-state index is 0.559. The fourth-order valence-electron chi connectivity index (χ4n) is 2.38. The van der Waals surface area contributed by atoms with Crippen LogP contribution in [0.25, 0.3) is 0 Å². The van der Waals surface area contributed by atoms with E-state index < -0.39 is 0 Å². The Kier molecular flexibility index (Phi) is 5.55. The fourth-order valence-corrected chi connectivity index (χ4v) is 2.38. The zero-order chi connectivity index (χ0) is 11.1. The van der Waals surface area contributed by atoms with Crippen molar-refractivity contribution >= 4 is 0 Å². The molecular weight excluding hydrogens is 202 g/mol. The van der Waals surface area contributed by atoms with Crippen LogP contribution in [0.1, 0.15) is 19.3 Å². The zero-order valence-corrected chi connectivity index (χ0v) is 10.2. The van der Waals surface area contributed by atoms with Gasteiger partial charge in [-0.3, -0.25) is 4.90 Å². The maximum Gasteiger partial charge on any atom is 0.0594 e. The van der Waals surface area contributed by atoms with Gasteiger partial charge in [0.1, 0.15) is 0 Å². The summed E-state index contributed by atoms with van der Waals surface area (Å²) in [5.41, 5.74) is 0. The molecule has 4 nitrogen and oxygen atoms in total. The Morgan fingerprint density at radius 3 is 3.06 bits per heavy atom. The van der Waals surface area contributed by atoms with Crippen LogP contribution in [-0.2, 0) is 4.74 Å². The third-order valence-electron chi connectivity index (χ3n) is 3.39. The summed E-state index contributed by atoms with van der Waals surface area (Å²) in [6.45, 7) is 8.54. The maximum atomic E-state index is 5.34. The van der Waals surface area contributed by atoms with E-state index in [1.54, 1.807) is 0 Å². The topological polar surface area (TPSA) is 38.6 Å². The zero-order valence-electron chi connectivity index (χ0n) is 10.2. The molecule has 0 aromatic carbocycles. The lowest BCUT2D eigenvalue weighted by molar-refractivity contribution is 0.0369. The minimum absolute atomic E-state index is 0.559. The third kappa shape index (κ3) is 4.37. The molecule has 0 amide bonds. The van der Waals surface area contributed by atoms with Gasteiger partial charge in [-0.15, -0.1) is 0 Å². The van der Waals surface area contributed by atoms with Gasteiger partial charge in [-0.05, 0) is 32.4 Å². The van der Waals surface area contributed by atoms with Crippen molar-refractivity contribution in [3.8, 4) is 0 Å². The lowest BCUT2D eigenvalue weighted by Crippen LogP contribution is -2.38. The van der Waals surface area contributed by atoms with Gasteiger partial charge in [-0.2, -0.15) is 0 Å². The molecule has 0 saturated carbocycles. The van der Waals surface area contributed by atoms with Crippen molar-refractivity contribution in [2.45, 2.75) is 25.3 Å². The second-order valence-corrected chi connectivity index (χ2v) is 4.71. The smallest absolute Gasteiger partial charge is 0.0594 e. The Labute approximate surface area is 98.7 Å². The van der Waals surface area contributed by atoms with Crippen molar-refractivity contribution in [2.24, 2.45) is 0 Å². The second kappa shape index (κ2) is 7.22. The van der Waals surface area contributed by atoms with Gasteiger partial charge in [0.25, 0.3) is 0 Å². The van der Waals surface area contributed by atoms with Gasteiger partial charge in [0.15, 0.2) is 0 Å². The first-order valence-corrected chi connectivity index (χ1v) is 6.62. The molecule has 0 aromatic rings. The predicted molar refractivity (Wildman–Crippen MR) is 64.8 cm³/mol. The van der Waals surface area contributed by atoms with E-state index in [1.165, 1.54) is 25.8 Å². The molecule has 0 aromatic heterocycles. The van der Waals surface area contributed by atoms with Crippen molar-refractivity contribution in [2.75, 3.05) is 52.5 Å². The molecule has 0 aliphatic carbocycles. The van der Waals surface area contributed by atoms with E-state index in [2.05, 4.69) is 10.2 Å². The molecule has 0 bridgehead atoms. The highest BCUT2D eigenvalue weighted by Gasteiger charge is 2.14. The summed E-state index contributed by atoms with van der Waals surface area (Å²) < 4.78 is 5.34. The highest BCUT2D eigenvalue weighted by Crippen LogP contribution is 2.04. The average molecular weight is 226 g/mol. The Morgan fingerprint density at radius 2 is 2.19 bits per heavy atom. The molecular formula is C12H24N3O. The molecule has 93 valence electrons. The number of nitrogens with zero attached hydrogens (tertiary/aromatic N) is 2. The number of nitrogens with one attached hydrogen (secondary N) is 1. The van der Waals surface area contributed by atoms with Crippen LogP contribution >= 0.6 is 0 Å². The molecule has 0 spiro atoms. The number of hydrogen-bond acceptors (Lipinski definition) is 3. The summed E-state index contributed by atoms with van der Waals surface area (Å²) in [5, 5.41) is 8.16. The van der Waals surface area contributed by atoms with Gasteiger partial charge >= 0.3 is 0 Å². The van der Waals surface area contributed by atoms with E-state index >= 15 is 0 Å². The first-order chi connectivity index (χ1) is 7.95. The van der Waals surface area contributed by atoms with Gasteiger partial charge in [-0.25, -0.2) is 5.32 Å². The molecule has 2 aliphatic rings. The van der Waals surface area contributed by atoms with Crippen LogP contribution in [-0.4, -0.2) is 63.4 Å². The molecule has 2 heterocycles. The summed E-state index contributed by atoms with van der Waals surface area (Å²) in [6, 6.07) is 0.559. The summed E-state index contributed by atoms with van der Waals surface area (Å²) >= 11 is 0. The van der Waals surface area contributed by atoms with Crippen LogP contribution in [0.4, 0.5) is 0 Å². The van der Waals surface area contributed by atoms with E-state index in [1.807, 2.05) is 0 Å². The number of ether oxygens (including phenoxy) is 1. The Bertz CT molecular complexity index is 175. The van der Waals surface area contributed by atoms with Crippen LogP contribution < -0.4 is 10.6 Å². The largest absolute Gasteiger partial charge is 0.379 e. The summed E-state index contributed by atoms with van der Waals surface area (Å²) in [5.74, 6) is 0. The SMILES string of the molecule is C1C[N]C(CCCN2CCOCC2)CNC1. The van der Waals surface area contributed by atoms with E-state index in [0.29, 0.717) is 6.04 Å².